The van der Waals surface area contributed by atoms with E-state index in [1.165, 1.54) is 16.0 Å². The molecule has 0 saturated heterocycles. The van der Waals surface area contributed by atoms with Crippen molar-refractivity contribution in [3.8, 4) is 0 Å². The van der Waals surface area contributed by atoms with Gasteiger partial charge in [-0.15, -0.1) is 11.8 Å². The predicted molar refractivity (Wildman–Crippen MR) is 110 cm³/mol. The molecule has 2 nitrogen and oxygen atoms in total. The van der Waals surface area contributed by atoms with Crippen LogP contribution >= 0.6 is 11.8 Å². The molecule has 3 rings (SSSR count). The lowest BCUT2D eigenvalue weighted by atomic mass is 10.1. The summed E-state index contributed by atoms with van der Waals surface area (Å²) in [5.41, 5.74) is 4.23. The van der Waals surface area contributed by atoms with E-state index in [1.54, 1.807) is 11.8 Å². The number of thioether (sulfide) groups is 1. The Hall–Kier alpha value is -2.52. The second-order valence-corrected chi connectivity index (χ2v) is 7.45. The largest absolute Gasteiger partial charge is 0.346 e. The standard InChI is InChI=1S/C23H23NOS/c1-17-8-12-20(13-9-17)18(2)24-23(25)21-14-10-19(11-15-21)16-26-22-6-4-3-5-7-22/h3-15,18H,16H2,1-2H3,(H,24,25)/t18-/m0/s1. The fourth-order valence-corrected chi connectivity index (χ4v) is 3.53. The second-order valence-electron chi connectivity index (χ2n) is 6.40. The molecule has 0 unspecified atom stereocenters. The Bertz CT molecular complexity index is 842. The van der Waals surface area contributed by atoms with Crippen LogP contribution in [-0.2, 0) is 5.75 Å². The van der Waals surface area contributed by atoms with Crippen molar-refractivity contribution in [3.05, 3.63) is 101 Å². The number of rotatable bonds is 6. The van der Waals surface area contributed by atoms with Gasteiger partial charge in [0.25, 0.3) is 5.91 Å². The number of benzene rings is 3. The van der Waals surface area contributed by atoms with E-state index < -0.39 is 0 Å². The Morgan fingerprint density at radius 1 is 0.923 bits per heavy atom. The van der Waals surface area contributed by atoms with Gasteiger partial charge in [-0.1, -0.05) is 60.2 Å². The third-order valence-corrected chi connectivity index (χ3v) is 5.37. The molecule has 0 aliphatic rings. The summed E-state index contributed by atoms with van der Waals surface area (Å²) in [6.07, 6.45) is 0. The fraction of sp³-hybridized carbons (Fsp3) is 0.174. The summed E-state index contributed by atoms with van der Waals surface area (Å²) >= 11 is 1.80. The van der Waals surface area contributed by atoms with Crippen LogP contribution in [0.1, 0.15) is 40.0 Å². The minimum Gasteiger partial charge on any atom is -0.346 e. The summed E-state index contributed by atoms with van der Waals surface area (Å²) < 4.78 is 0. The van der Waals surface area contributed by atoms with Crippen molar-refractivity contribution in [3.63, 3.8) is 0 Å². The number of aryl methyl sites for hydroxylation is 1. The Morgan fingerprint density at radius 2 is 1.58 bits per heavy atom. The van der Waals surface area contributed by atoms with Crippen molar-refractivity contribution in [1.82, 2.24) is 5.32 Å². The lowest BCUT2D eigenvalue weighted by molar-refractivity contribution is 0.0940. The zero-order valence-corrected chi connectivity index (χ0v) is 15.9. The van der Waals surface area contributed by atoms with Crippen LogP contribution in [-0.4, -0.2) is 5.91 Å². The molecule has 3 aromatic rings. The van der Waals surface area contributed by atoms with Gasteiger partial charge in [-0.2, -0.15) is 0 Å². The summed E-state index contributed by atoms with van der Waals surface area (Å²) in [5.74, 6) is 0.853. The molecule has 0 saturated carbocycles. The molecule has 3 aromatic carbocycles. The highest BCUT2D eigenvalue weighted by Crippen LogP contribution is 2.22. The monoisotopic (exact) mass is 361 g/mol. The SMILES string of the molecule is Cc1ccc([C@H](C)NC(=O)c2ccc(CSc3ccccc3)cc2)cc1. The number of amides is 1. The second kappa shape index (κ2) is 8.72. The molecule has 0 spiro atoms. The first-order valence-electron chi connectivity index (χ1n) is 8.76. The van der Waals surface area contributed by atoms with E-state index in [2.05, 4.69) is 48.6 Å². The molecule has 1 atom stereocenters. The van der Waals surface area contributed by atoms with Crippen LogP contribution in [0.4, 0.5) is 0 Å². The molecule has 0 fully saturated rings. The molecule has 3 heteroatoms. The molecule has 1 N–H and O–H groups in total. The first-order chi connectivity index (χ1) is 12.6. The van der Waals surface area contributed by atoms with E-state index in [9.17, 15) is 4.79 Å². The van der Waals surface area contributed by atoms with Gasteiger partial charge in [0.2, 0.25) is 0 Å². The molecule has 132 valence electrons. The van der Waals surface area contributed by atoms with Crippen LogP contribution in [0.2, 0.25) is 0 Å². The maximum absolute atomic E-state index is 12.5. The summed E-state index contributed by atoms with van der Waals surface area (Å²) in [4.78, 5) is 13.7. The van der Waals surface area contributed by atoms with Crippen LogP contribution in [0.15, 0.2) is 83.8 Å². The molecule has 0 radical (unpaired) electrons. The van der Waals surface area contributed by atoms with E-state index in [-0.39, 0.29) is 11.9 Å². The highest BCUT2D eigenvalue weighted by molar-refractivity contribution is 7.98. The summed E-state index contributed by atoms with van der Waals surface area (Å²) in [6.45, 7) is 4.07. The third kappa shape index (κ3) is 4.99. The van der Waals surface area contributed by atoms with Crippen molar-refractivity contribution >= 4 is 17.7 Å². The molecule has 0 heterocycles. The van der Waals surface area contributed by atoms with Crippen molar-refractivity contribution < 1.29 is 4.79 Å². The van der Waals surface area contributed by atoms with E-state index in [0.29, 0.717) is 5.56 Å². The van der Waals surface area contributed by atoms with Gasteiger partial charge in [-0.25, -0.2) is 0 Å². The van der Waals surface area contributed by atoms with Crippen LogP contribution in [0.25, 0.3) is 0 Å². The smallest absolute Gasteiger partial charge is 0.251 e. The van der Waals surface area contributed by atoms with Crippen molar-refractivity contribution in [2.45, 2.75) is 30.5 Å². The summed E-state index contributed by atoms with van der Waals surface area (Å²) in [5, 5.41) is 3.07. The zero-order chi connectivity index (χ0) is 18.4. The van der Waals surface area contributed by atoms with Crippen LogP contribution in [0.5, 0.6) is 0 Å². The minimum absolute atomic E-state index is 0.0172. The number of carbonyl (C=O) groups excluding carboxylic acids is 1. The molecule has 26 heavy (non-hydrogen) atoms. The number of carbonyl (C=O) groups is 1. The van der Waals surface area contributed by atoms with Crippen LogP contribution in [0, 0.1) is 6.92 Å². The normalized spacial score (nSPS) is 11.8. The Morgan fingerprint density at radius 3 is 2.23 bits per heavy atom. The maximum Gasteiger partial charge on any atom is 0.251 e. The zero-order valence-electron chi connectivity index (χ0n) is 15.1. The van der Waals surface area contributed by atoms with Gasteiger partial charge in [0.15, 0.2) is 0 Å². The topological polar surface area (TPSA) is 29.1 Å². The first kappa shape index (κ1) is 18.3. The van der Waals surface area contributed by atoms with Crippen molar-refractivity contribution in [2.75, 3.05) is 0 Å². The van der Waals surface area contributed by atoms with Crippen molar-refractivity contribution in [2.24, 2.45) is 0 Å². The molecular formula is C23H23NOS. The van der Waals surface area contributed by atoms with Crippen LogP contribution in [0.3, 0.4) is 0 Å². The van der Waals surface area contributed by atoms with E-state index in [4.69, 9.17) is 0 Å². The molecule has 0 bridgehead atoms. The molecule has 0 aromatic heterocycles. The highest BCUT2D eigenvalue weighted by Gasteiger charge is 2.11. The first-order valence-corrected chi connectivity index (χ1v) is 9.74. The van der Waals surface area contributed by atoms with Gasteiger partial charge in [0.1, 0.15) is 0 Å². The number of hydrogen-bond acceptors (Lipinski definition) is 2. The van der Waals surface area contributed by atoms with Gasteiger partial charge in [0, 0.05) is 16.2 Å². The van der Waals surface area contributed by atoms with Crippen LogP contribution < -0.4 is 5.32 Å². The fourth-order valence-electron chi connectivity index (χ4n) is 2.65. The van der Waals surface area contributed by atoms with Gasteiger partial charge in [0.05, 0.1) is 6.04 Å². The Labute approximate surface area is 159 Å². The number of nitrogens with one attached hydrogen (secondary N) is 1. The van der Waals surface area contributed by atoms with Gasteiger partial charge >= 0.3 is 0 Å². The molecule has 0 aliphatic carbocycles. The average Bonchev–Trinajstić information content (AvgIpc) is 2.68. The van der Waals surface area contributed by atoms with Gasteiger partial charge in [-0.05, 0) is 49.2 Å². The average molecular weight is 362 g/mol. The lowest BCUT2D eigenvalue weighted by Gasteiger charge is -2.15. The van der Waals surface area contributed by atoms with Gasteiger partial charge < -0.3 is 5.32 Å². The van der Waals surface area contributed by atoms with E-state index >= 15 is 0 Å². The number of hydrogen-bond donors (Lipinski definition) is 1. The predicted octanol–water partition coefficient (Wildman–Crippen LogP) is 5.78. The van der Waals surface area contributed by atoms with Gasteiger partial charge in [-0.3, -0.25) is 4.79 Å². The lowest BCUT2D eigenvalue weighted by Crippen LogP contribution is -2.26. The molecule has 1 amide bonds. The maximum atomic E-state index is 12.5. The van der Waals surface area contributed by atoms with E-state index in [0.717, 1.165) is 11.3 Å². The quantitative estimate of drug-likeness (QED) is 0.564. The molecular weight excluding hydrogens is 338 g/mol. The minimum atomic E-state index is -0.0414. The highest BCUT2D eigenvalue weighted by atomic mass is 32.2. The summed E-state index contributed by atoms with van der Waals surface area (Å²) in [7, 11) is 0. The van der Waals surface area contributed by atoms with Crippen molar-refractivity contribution in [1.29, 1.82) is 0 Å². The Balaban J connectivity index is 1.57. The Kier molecular flexibility index (Phi) is 6.13. The molecule has 0 aliphatic heterocycles. The summed E-state index contributed by atoms with van der Waals surface area (Å²) in [6, 6.07) is 26.4. The third-order valence-electron chi connectivity index (χ3n) is 4.29. The van der Waals surface area contributed by atoms with E-state index in [1.807, 2.05) is 49.4 Å².